The molecule has 1 rings (SSSR count). The van der Waals surface area contributed by atoms with Crippen LogP contribution in [-0.4, -0.2) is 21.0 Å². The zero-order chi connectivity index (χ0) is 13.8. The van der Waals surface area contributed by atoms with E-state index in [1.165, 1.54) is 0 Å². The summed E-state index contributed by atoms with van der Waals surface area (Å²) in [6.45, 7) is 14.0. The van der Waals surface area contributed by atoms with Crippen molar-refractivity contribution < 1.29 is 9.16 Å². The average molecular weight is 266 g/mol. The van der Waals surface area contributed by atoms with E-state index in [1.54, 1.807) is 0 Å². The lowest BCUT2D eigenvalue weighted by Crippen LogP contribution is -2.44. The summed E-state index contributed by atoms with van der Waals surface area (Å²) in [6, 6.07) is 9.89. The molecule has 18 heavy (non-hydrogen) atoms. The molecule has 1 aromatic carbocycles. The van der Waals surface area contributed by atoms with Gasteiger partial charge in [-0.25, -0.2) is 0 Å². The maximum Gasteiger partial charge on any atom is 0.192 e. The second-order valence-corrected chi connectivity index (χ2v) is 11.1. The van der Waals surface area contributed by atoms with Crippen molar-refractivity contribution in [2.24, 2.45) is 0 Å². The largest absolute Gasteiger partial charge is 0.491 e. The molecule has 0 heterocycles. The minimum atomic E-state index is -1.69. The van der Waals surface area contributed by atoms with E-state index in [-0.39, 0.29) is 11.1 Å². The van der Waals surface area contributed by atoms with Crippen molar-refractivity contribution >= 4 is 8.32 Å². The van der Waals surface area contributed by atoms with E-state index in [4.69, 9.17) is 9.16 Å². The smallest absolute Gasteiger partial charge is 0.192 e. The lowest BCUT2D eigenvalue weighted by Gasteiger charge is -2.38. The first-order valence-corrected chi connectivity index (χ1v) is 9.49. The van der Waals surface area contributed by atoms with Crippen LogP contribution in [0.1, 0.15) is 27.7 Å². The van der Waals surface area contributed by atoms with Gasteiger partial charge in [-0.15, -0.1) is 0 Å². The van der Waals surface area contributed by atoms with Gasteiger partial charge in [0.25, 0.3) is 0 Å². The summed E-state index contributed by atoms with van der Waals surface area (Å²) in [4.78, 5) is 0. The summed E-state index contributed by atoms with van der Waals surface area (Å²) >= 11 is 0. The number of rotatable bonds is 5. The topological polar surface area (TPSA) is 18.5 Å². The fraction of sp³-hybridized carbons (Fsp3) is 0.600. The van der Waals surface area contributed by atoms with Crippen LogP contribution in [0.15, 0.2) is 30.3 Å². The summed E-state index contributed by atoms with van der Waals surface area (Å²) < 4.78 is 12.0. The Morgan fingerprint density at radius 3 is 2.17 bits per heavy atom. The van der Waals surface area contributed by atoms with Gasteiger partial charge < -0.3 is 9.16 Å². The van der Waals surface area contributed by atoms with Crippen LogP contribution in [0.5, 0.6) is 5.75 Å². The molecule has 102 valence electrons. The summed E-state index contributed by atoms with van der Waals surface area (Å²) in [5, 5.41) is 0.244. The second kappa shape index (κ2) is 5.89. The van der Waals surface area contributed by atoms with Gasteiger partial charge in [-0.2, -0.15) is 0 Å². The molecular formula is C15H26O2Si. The minimum absolute atomic E-state index is 0.131. The fourth-order valence-corrected chi connectivity index (χ4v) is 2.87. The van der Waals surface area contributed by atoms with Crippen LogP contribution in [0, 0.1) is 0 Å². The fourth-order valence-electron chi connectivity index (χ4n) is 1.44. The quantitative estimate of drug-likeness (QED) is 0.732. The highest BCUT2D eigenvalue weighted by atomic mass is 28.4. The van der Waals surface area contributed by atoms with Crippen LogP contribution >= 0.6 is 0 Å². The number of ether oxygens (including phenoxy) is 1. The predicted octanol–water partition coefficient (Wildman–Crippen LogP) is 4.48. The monoisotopic (exact) mass is 266 g/mol. The number of hydrogen-bond donors (Lipinski definition) is 0. The molecule has 0 N–H and O–H groups in total. The van der Waals surface area contributed by atoms with Gasteiger partial charge in [0.05, 0.1) is 6.10 Å². The molecule has 3 heteroatoms. The third-order valence-electron chi connectivity index (χ3n) is 3.53. The maximum atomic E-state index is 6.24. The molecule has 0 spiro atoms. The van der Waals surface area contributed by atoms with E-state index in [9.17, 15) is 0 Å². The highest BCUT2D eigenvalue weighted by Crippen LogP contribution is 2.37. The zero-order valence-electron chi connectivity index (χ0n) is 12.5. The lowest BCUT2D eigenvalue weighted by atomic mass is 10.2. The normalized spacial score (nSPS) is 14.3. The van der Waals surface area contributed by atoms with Gasteiger partial charge in [0, 0.05) is 0 Å². The van der Waals surface area contributed by atoms with Crippen LogP contribution in [0.4, 0.5) is 0 Å². The van der Waals surface area contributed by atoms with Crippen molar-refractivity contribution in [2.45, 2.75) is 51.9 Å². The molecule has 0 aromatic heterocycles. The molecule has 0 saturated carbocycles. The van der Waals surface area contributed by atoms with Crippen molar-refractivity contribution in [1.29, 1.82) is 0 Å². The lowest BCUT2D eigenvalue weighted by molar-refractivity contribution is 0.129. The van der Waals surface area contributed by atoms with E-state index >= 15 is 0 Å². The predicted molar refractivity (Wildman–Crippen MR) is 79.7 cm³/mol. The molecule has 0 aliphatic carbocycles. The van der Waals surface area contributed by atoms with Crippen molar-refractivity contribution in [3.8, 4) is 5.75 Å². The van der Waals surface area contributed by atoms with E-state index in [1.807, 2.05) is 30.3 Å². The molecule has 1 unspecified atom stereocenters. The van der Waals surface area contributed by atoms with Crippen molar-refractivity contribution in [2.75, 3.05) is 6.61 Å². The van der Waals surface area contributed by atoms with Gasteiger partial charge in [0.15, 0.2) is 8.32 Å². The molecule has 2 nitrogen and oxygen atoms in total. The van der Waals surface area contributed by atoms with Gasteiger partial charge in [-0.3, -0.25) is 0 Å². The number of para-hydroxylation sites is 1. The van der Waals surface area contributed by atoms with Gasteiger partial charge in [-0.05, 0) is 37.2 Å². The zero-order valence-corrected chi connectivity index (χ0v) is 13.5. The Hall–Kier alpha value is -0.803. The third kappa shape index (κ3) is 4.46. The van der Waals surface area contributed by atoms with E-state index in [2.05, 4.69) is 40.8 Å². The minimum Gasteiger partial charge on any atom is -0.491 e. The van der Waals surface area contributed by atoms with Gasteiger partial charge in [-0.1, -0.05) is 39.0 Å². The molecule has 0 amide bonds. The molecule has 1 aromatic rings. The number of benzene rings is 1. The maximum absolute atomic E-state index is 6.24. The molecule has 0 radical (unpaired) electrons. The van der Waals surface area contributed by atoms with Crippen LogP contribution < -0.4 is 4.74 Å². The SMILES string of the molecule is CC(COc1ccccc1)O[Si](C)(C)C(C)(C)C. The van der Waals surface area contributed by atoms with Crippen molar-refractivity contribution in [3.05, 3.63) is 30.3 Å². The van der Waals surface area contributed by atoms with Crippen LogP contribution in [0.2, 0.25) is 18.1 Å². The van der Waals surface area contributed by atoms with Crippen LogP contribution in [0.25, 0.3) is 0 Å². The average Bonchev–Trinajstić information content (AvgIpc) is 2.26. The summed E-state index contributed by atoms with van der Waals surface area (Å²) in [5.41, 5.74) is 0. The first kappa shape index (κ1) is 15.3. The van der Waals surface area contributed by atoms with Crippen LogP contribution in [-0.2, 0) is 4.43 Å². The van der Waals surface area contributed by atoms with Gasteiger partial charge in [0.1, 0.15) is 12.4 Å². The molecular weight excluding hydrogens is 240 g/mol. The standard InChI is InChI=1S/C15H26O2Si/c1-13(17-18(5,6)15(2,3)4)12-16-14-10-8-7-9-11-14/h7-11,13H,12H2,1-6H3. The Morgan fingerprint density at radius 1 is 1.11 bits per heavy atom. The Bertz CT molecular complexity index is 355. The third-order valence-corrected chi connectivity index (χ3v) is 8.13. The summed E-state index contributed by atoms with van der Waals surface area (Å²) in [7, 11) is -1.69. The molecule has 0 saturated heterocycles. The summed E-state index contributed by atoms with van der Waals surface area (Å²) in [5.74, 6) is 0.906. The summed E-state index contributed by atoms with van der Waals surface area (Å²) in [6.07, 6.45) is 0.131. The Labute approximate surface area is 112 Å². The Morgan fingerprint density at radius 2 is 1.67 bits per heavy atom. The van der Waals surface area contributed by atoms with E-state index < -0.39 is 8.32 Å². The van der Waals surface area contributed by atoms with Crippen molar-refractivity contribution in [1.82, 2.24) is 0 Å². The van der Waals surface area contributed by atoms with E-state index in [0.29, 0.717) is 6.61 Å². The first-order valence-electron chi connectivity index (χ1n) is 6.58. The van der Waals surface area contributed by atoms with Gasteiger partial charge in [0.2, 0.25) is 0 Å². The highest BCUT2D eigenvalue weighted by molar-refractivity contribution is 6.74. The molecule has 0 bridgehead atoms. The Kier molecular flexibility index (Phi) is 4.99. The highest BCUT2D eigenvalue weighted by Gasteiger charge is 2.38. The number of hydrogen-bond acceptors (Lipinski definition) is 2. The van der Waals surface area contributed by atoms with Crippen molar-refractivity contribution in [3.63, 3.8) is 0 Å². The second-order valence-electron chi connectivity index (χ2n) is 6.31. The first-order chi connectivity index (χ1) is 8.22. The van der Waals surface area contributed by atoms with Gasteiger partial charge >= 0.3 is 0 Å². The van der Waals surface area contributed by atoms with E-state index in [0.717, 1.165) is 5.75 Å². The Balaban J connectivity index is 2.45. The molecule has 1 atom stereocenters. The van der Waals surface area contributed by atoms with Crippen LogP contribution in [0.3, 0.4) is 0 Å². The molecule has 0 fully saturated rings. The molecule has 0 aliphatic rings. The molecule has 0 aliphatic heterocycles.